The maximum atomic E-state index is 11.5. The lowest BCUT2D eigenvalue weighted by Crippen LogP contribution is -2.51. The molecule has 1 unspecified atom stereocenters. The number of hydrogen-bond donors (Lipinski definition) is 2. The number of aliphatic imine (C=N–C) groups is 1. The second kappa shape index (κ2) is 8.52. The fourth-order valence-corrected chi connectivity index (χ4v) is 4.60. The number of sulfonamides is 1. The van der Waals surface area contributed by atoms with Crippen molar-refractivity contribution in [2.75, 3.05) is 32.4 Å². The quantitative estimate of drug-likeness (QED) is 0.539. The number of nitrogens with zero attached hydrogens (tertiary/aromatic N) is 2. The second-order valence-electron chi connectivity index (χ2n) is 8.01. The summed E-state index contributed by atoms with van der Waals surface area (Å²) < 4.78 is 25.6. The van der Waals surface area contributed by atoms with Crippen molar-refractivity contribution in [3.63, 3.8) is 0 Å². The van der Waals surface area contributed by atoms with Crippen LogP contribution in [0.5, 0.6) is 0 Å². The molecule has 1 aliphatic heterocycles. The van der Waals surface area contributed by atoms with Crippen LogP contribution < -0.4 is 10.0 Å². The molecule has 0 aromatic carbocycles. The number of nitrogens with one attached hydrogen (secondary N) is 2. The van der Waals surface area contributed by atoms with Crippen LogP contribution in [0.2, 0.25) is 0 Å². The van der Waals surface area contributed by atoms with Crippen molar-refractivity contribution in [2.45, 2.75) is 65.8 Å². The Morgan fingerprint density at radius 2 is 2.00 bits per heavy atom. The summed E-state index contributed by atoms with van der Waals surface area (Å²) in [6, 6.07) is 0. The molecule has 7 heteroatoms. The van der Waals surface area contributed by atoms with E-state index in [1.165, 1.54) is 31.9 Å². The van der Waals surface area contributed by atoms with Crippen molar-refractivity contribution >= 4 is 16.0 Å². The van der Waals surface area contributed by atoms with Crippen LogP contribution in [0.1, 0.15) is 60.3 Å². The lowest BCUT2D eigenvalue weighted by molar-refractivity contribution is 0.142. The van der Waals surface area contributed by atoms with Gasteiger partial charge in [0.25, 0.3) is 0 Å². The van der Waals surface area contributed by atoms with Crippen molar-refractivity contribution in [2.24, 2.45) is 10.4 Å². The monoisotopic (exact) mass is 360 g/mol. The molecule has 0 amide bonds. The molecular formula is C17H36N4O2S. The minimum atomic E-state index is -3.25. The van der Waals surface area contributed by atoms with E-state index in [0.717, 1.165) is 25.6 Å². The van der Waals surface area contributed by atoms with Gasteiger partial charge in [-0.25, -0.2) is 13.1 Å². The predicted octanol–water partition coefficient (Wildman–Crippen LogP) is 2.18. The Morgan fingerprint density at radius 3 is 2.54 bits per heavy atom. The first kappa shape index (κ1) is 21.2. The van der Waals surface area contributed by atoms with Gasteiger partial charge in [-0.3, -0.25) is 4.99 Å². The maximum Gasteiger partial charge on any atom is 0.209 e. The Bertz CT molecular complexity index is 527. The predicted molar refractivity (Wildman–Crippen MR) is 102 cm³/mol. The Balaban J connectivity index is 2.85. The highest BCUT2D eigenvalue weighted by molar-refractivity contribution is 7.88. The van der Waals surface area contributed by atoms with Crippen LogP contribution >= 0.6 is 0 Å². The van der Waals surface area contributed by atoms with E-state index in [9.17, 15) is 8.42 Å². The lowest BCUT2D eigenvalue weighted by Gasteiger charge is -2.42. The van der Waals surface area contributed by atoms with Crippen LogP contribution in [0.3, 0.4) is 0 Å². The third kappa shape index (κ3) is 7.38. The first-order valence-electron chi connectivity index (χ1n) is 9.02. The molecule has 24 heavy (non-hydrogen) atoms. The minimum Gasteiger partial charge on any atom is -0.357 e. The topological polar surface area (TPSA) is 73.8 Å². The first-order valence-corrected chi connectivity index (χ1v) is 10.9. The summed E-state index contributed by atoms with van der Waals surface area (Å²) >= 11 is 0. The Hall–Kier alpha value is -0.820. The smallest absolute Gasteiger partial charge is 0.209 e. The van der Waals surface area contributed by atoms with Crippen molar-refractivity contribution in [1.29, 1.82) is 0 Å². The SMILES string of the molecule is CCCC1(C)CCCN(C(=NCC(C)(C)NS(C)(=O)=O)NCC)C1. The molecule has 0 aliphatic carbocycles. The molecule has 0 saturated carbocycles. The summed E-state index contributed by atoms with van der Waals surface area (Å²) in [4.78, 5) is 7.06. The average Bonchev–Trinajstić information content (AvgIpc) is 2.40. The van der Waals surface area contributed by atoms with Crippen LogP contribution in [-0.2, 0) is 10.0 Å². The average molecular weight is 361 g/mol. The van der Waals surface area contributed by atoms with Crippen LogP contribution in [0.15, 0.2) is 4.99 Å². The van der Waals surface area contributed by atoms with Gasteiger partial charge in [0.2, 0.25) is 10.0 Å². The summed E-state index contributed by atoms with van der Waals surface area (Å²) in [6.45, 7) is 13.6. The van der Waals surface area contributed by atoms with Gasteiger partial charge in [0.05, 0.1) is 12.8 Å². The van der Waals surface area contributed by atoms with Gasteiger partial charge in [-0.05, 0) is 45.4 Å². The highest BCUT2D eigenvalue weighted by Crippen LogP contribution is 2.33. The highest BCUT2D eigenvalue weighted by Gasteiger charge is 2.32. The summed E-state index contributed by atoms with van der Waals surface area (Å²) in [5.41, 5.74) is -0.263. The van der Waals surface area contributed by atoms with Gasteiger partial charge in [-0.2, -0.15) is 0 Å². The van der Waals surface area contributed by atoms with E-state index in [1.54, 1.807) is 0 Å². The summed E-state index contributed by atoms with van der Waals surface area (Å²) in [6.07, 6.45) is 6.04. The molecule has 1 rings (SSSR count). The molecule has 1 heterocycles. The zero-order chi connectivity index (χ0) is 18.4. The van der Waals surface area contributed by atoms with Crippen LogP contribution in [-0.4, -0.2) is 57.3 Å². The fourth-order valence-electron chi connectivity index (χ4n) is 3.54. The van der Waals surface area contributed by atoms with Crippen LogP contribution in [0, 0.1) is 5.41 Å². The van der Waals surface area contributed by atoms with Crippen molar-refractivity contribution < 1.29 is 8.42 Å². The molecule has 0 spiro atoms. The van der Waals surface area contributed by atoms with E-state index >= 15 is 0 Å². The molecule has 0 radical (unpaired) electrons. The number of guanidine groups is 1. The lowest BCUT2D eigenvalue weighted by atomic mass is 9.78. The molecule has 1 atom stereocenters. The summed E-state index contributed by atoms with van der Waals surface area (Å²) in [5.74, 6) is 0.892. The molecule has 0 aromatic heterocycles. The normalized spacial score (nSPS) is 23.4. The minimum absolute atomic E-state index is 0.337. The van der Waals surface area contributed by atoms with Gasteiger partial charge in [0.1, 0.15) is 0 Å². The molecule has 6 nitrogen and oxygen atoms in total. The van der Waals surface area contributed by atoms with Gasteiger partial charge < -0.3 is 10.2 Å². The number of hydrogen-bond acceptors (Lipinski definition) is 3. The standard InChI is InChI=1S/C17H36N4O2S/c1-7-10-17(5)11-9-12-21(14-17)15(18-8-2)19-13-16(3,4)20-24(6,22)23/h20H,7-14H2,1-6H3,(H,18,19). The van der Waals surface area contributed by atoms with E-state index in [-0.39, 0.29) is 0 Å². The number of piperidine rings is 1. The molecule has 1 fully saturated rings. The van der Waals surface area contributed by atoms with Gasteiger partial charge in [-0.15, -0.1) is 0 Å². The molecule has 0 aromatic rings. The third-order valence-corrected chi connectivity index (χ3v) is 5.28. The zero-order valence-electron chi connectivity index (χ0n) is 16.3. The molecule has 142 valence electrons. The molecule has 1 aliphatic rings. The van der Waals surface area contributed by atoms with E-state index in [2.05, 4.69) is 35.7 Å². The molecule has 2 N–H and O–H groups in total. The molecule has 0 bridgehead atoms. The third-order valence-electron chi connectivity index (χ3n) is 4.35. The summed E-state index contributed by atoms with van der Waals surface area (Å²) in [7, 11) is -3.25. The molecule has 1 saturated heterocycles. The maximum absolute atomic E-state index is 11.5. The Morgan fingerprint density at radius 1 is 1.33 bits per heavy atom. The second-order valence-corrected chi connectivity index (χ2v) is 9.76. The van der Waals surface area contributed by atoms with Crippen LogP contribution in [0.25, 0.3) is 0 Å². The number of rotatable bonds is 7. The largest absolute Gasteiger partial charge is 0.357 e. The Labute approximate surface area is 148 Å². The van der Waals surface area contributed by atoms with Crippen molar-refractivity contribution in [1.82, 2.24) is 14.9 Å². The molecular weight excluding hydrogens is 324 g/mol. The van der Waals surface area contributed by atoms with Gasteiger partial charge in [0, 0.05) is 25.2 Å². The summed E-state index contributed by atoms with van der Waals surface area (Å²) in [5, 5.41) is 3.37. The fraction of sp³-hybridized carbons (Fsp3) is 0.941. The first-order chi connectivity index (χ1) is 11.0. The van der Waals surface area contributed by atoms with Gasteiger partial charge >= 0.3 is 0 Å². The van der Waals surface area contributed by atoms with E-state index in [0.29, 0.717) is 12.0 Å². The van der Waals surface area contributed by atoms with Crippen molar-refractivity contribution in [3.05, 3.63) is 0 Å². The van der Waals surface area contributed by atoms with Gasteiger partial charge in [-0.1, -0.05) is 20.3 Å². The van der Waals surface area contributed by atoms with E-state index < -0.39 is 15.6 Å². The van der Waals surface area contributed by atoms with Gasteiger partial charge in [0.15, 0.2) is 5.96 Å². The zero-order valence-corrected chi connectivity index (χ0v) is 17.1. The van der Waals surface area contributed by atoms with Crippen molar-refractivity contribution in [3.8, 4) is 0 Å². The Kier molecular flexibility index (Phi) is 7.53. The highest BCUT2D eigenvalue weighted by atomic mass is 32.2. The van der Waals surface area contributed by atoms with Crippen LogP contribution in [0.4, 0.5) is 0 Å². The number of likely N-dealkylation sites (tertiary alicyclic amines) is 1. The van der Waals surface area contributed by atoms with E-state index in [4.69, 9.17) is 4.99 Å². The van der Waals surface area contributed by atoms with E-state index in [1.807, 2.05) is 13.8 Å².